The molecule has 1 heterocycles. The molecule has 0 unspecified atom stereocenters. The summed E-state index contributed by atoms with van der Waals surface area (Å²) in [6.07, 6.45) is 5.19. The Balaban J connectivity index is 1.80. The van der Waals surface area contributed by atoms with Gasteiger partial charge in [0.2, 0.25) is 11.8 Å². The molecule has 1 aromatic carbocycles. The lowest BCUT2D eigenvalue weighted by atomic mass is 9.77. The number of halogens is 1. The van der Waals surface area contributed by atoms with Crippen molar-refractivity contribution in [2.75, 3.05) is 11.9 Å². The molecular weight excluding hydrogens is 343 g/mol. The van der Waals surface area contributed by atoms with Gasteiger partial charge in [-0.25, -0.2) is 9.37 Å². The summed E-state index contributed by atoms with van der Waals surface area (Å²) in [6, 6.07) is 10.2. The smallest absolute Gasteiger partial charge is 0.235 e. The van der Waals surface area contributed by atoms with E-state index in [0.29, 0.717) is 42.3 Å². The van der Waals surface area contributed by atoms with Crippen LogP contribution in [0, 0.1) is 12.7 Å². The molecule has 0 radical (unpaired) electrons. The summed E-state index contributed by atoms with van der Waals surface area (Å²) >= 11 is 0. The number of carbonyl (C=O) groups excluding carboxylic acids is 1. The van der Waals surface area contributed by atoms with E-state index in [-0.39, 0.29) is 11.7 Å². The zero-order valence-corrected chi connectivity index (χ0v) is 16.1. The Bertz CT molecular complexity index is 801. The second kappa shape index (κ2) is 8.51. The Kier molecular flexibility index (Phi) is 6.09. The SMILES string of the molecule is CCCCOc1ccc(NC(=O)C2(c3ccccc3F)CCCC2)c(C)n1. The molecule has 0 bridgehead atoms. The first kappa shape index (κ1) is 19.3. The van der Waals surface area contributed by atoms with Crippen molar-refractivity contribution >= 4 is 11.6 Å². The number of aromatic nitrogens is 1. The van der Waals surface area contributed by atoms with E-state index in [1.165, 1.54) is 6.07 Å². The summed E-state index contributed by atoms with van der Waals surface area (Å²) in [7, 11) is 0. The third-order valence-electron chi connectivity index (χ3n) is 5.34. The van der Waals surface area contributed by atoms with Crippen molar-refractivity contribution in [3.63, 3.8) is 0 Å². The van der Waals surface area contributed by atoms with E-state index in [4.69, 9.17) is 4.74 Å². The second-order valence-electron chi connectivity index (χ2n) is 7.21. The van der Waals surface area contributed by atoms with Crippen LogP contribution < -0.4 is 10.1 Å². The van der Waals surface area contributed by atoms with Crippen LogP contribution in [-0.2, 0) is 10.2 Å². The molecule has 1 aliphatic rings. The van der Waals surface area contributed by atoms with Crippen molar-refractivity contribution in [1.82, 2.24) is 4.98 Å². The Morgan fingerprint density at radius 1 is 1.22 bits per heavy atom. The molecule has 0 spiro atoms. The van der Waals surface area contributed by atoms with Crippen LogP contribution in [0.15, 0.2) is 36.4 Å². The Hall–Kier alpha value is -2.43. The molecular formula is C22H27FN2O2. The highest BCUT2D eigenvalue weighted by Crippen LogP contribution is 2.43. The van der Waals surface area contributed by atoms with E-state index in [0.717, 1.165) is 25.7 Å². The van der Waals surface area contributed by atoms with Gasteiger partial charge < -0.3 is 10.1 Å². The van der Waals surface area contributed by atoms with Crippen molar-refractivity contribution in [3.8, 4) is 5.88 Å². The van der Waals surface area contributed by atoms with E-state index in [1.807, 2.05) is 13.0 Å². The molecule has 0 atom stereocenters. The van der Waals surface area contributed by atoms with Crippen molar-refractivity contribution in [2.45, 2.75) is 57.8 Å². The highest BCUT2D eigenvalue weighted by Gasteiger charge is 2.44. The summed E-state index contributed by atoms with van der Waals surface area (Å²) in [4.78, 5) is 17.6. The molecule has 4 nitrogen and oxygen atoms in total. The van der Waals surface area contributed by atoms with Crippen LogP contribution in [0.25, 0.3) is 0 Å². The minimum atomic E-state index is -0.811. The number of pyridine rings is 1. The molecule has 3 rings (SSSR count). The highest BCUT2D eigenvalue weighted by molar-refractivity contribution is 5.99. The molecule has 27 heavy (non-hydrogen) atoms. The van der Waals surface area contributed by atoms with Gasteiger partial charge in [0.05, 0.1) is 23.4 Å². The van der Waals surface area contributed by atoms with Gasteiger partial charge in [-0.05, 0) is 38.3 Å². The number of hydrogen-bond acceptors (Lipinski definition) is 3. The summed E-state index contributed by atoms with van der Waals surface area (Å²) < 4.78 is 20.1. The van der Waals surface area contributed by atoms with E-state index in [2.05, 4.69) is 17.2 Å². The fourth-order valence-electron chi connectivity index (χ4n) is 3.76. The Labute approximate surface area is 160 Å². The molecule has 1 amide bonds. The average Bonchev–Trinajstić information content (AvgIpc) is 3.15. The normalized spacial score (nSPS) is 15.5. The van der Waals surface area contributed by atoms with Gasteiger partial charge in [-0.15, -0.1) is 0 Å². The van der Waals surface area contributed by atoms with Gasteiger partial charge in [-0.2, -0.15) is 0 Å². The first-order valence-corrected chi connectivity index (χ1v) is 9.74. The first-order valence-electron chi connectivity index (χ1n) is 9.74. The molecule has 1 saturated carbocycles. The molecule has 1 aliphatic carbocycles. The molecule has 0 saturated heterocycles. The number of ether oxygens (including phenoxy) is 1. The van der Waals surface area contributed by atoms with Crippen molar-refractivity contribution < 1.29 is 13.9 Å². The summed E-state index contributed by atoms with van der Waals surface area (Å²) in [6.45, 7) is 4.58. The molecule has 1 N–H and O–H groups in total. The maximum absolute atomic E-state index is 14.5. The summed E-state index contributed by atoms with van der Waals surface area (Å²) in [5, 5.41) is 2.99. The molecule has 1 aromatic heterocycles. The molecule has 2 aromatic rings. The van der Waals surface area contributed by atoms with Crippen LogP contribution in [-0.4, -0.2) is 17.5 Å². The Morgan fingerprint density at radius 2 is 1.96 bits per heavy atom. The van der Waals surface area contributed by atoms with Crippen LogP contribution in [0.4, 0.5) is 10.1 Å². The van der Waals surface area contributed by atoms with Gasteiger partial charge >= 0.3 is 0 Å². The maximum Gasteiger partial charge on any atom is 0.235 e. The number of unbranched alkanes of at least 4 members (excludes halogenated alkanes) is 1. The number of amides is 1. The van der Waals surface area contributed by atoms with Gasteiger partial charge in [0.1, 0.15) is 5.82 Å². The zero-order chi connectivity index (χ0) is 19.3. The van der Waals surface area contributed by atoms with Gasteiger partial charge in [0.15, 0.2) is 0 Å². The van der Waals surface area contributed by atoms with E-state index < -0.39 is 5.41 Å². The number of carbonyl (C=O) groups is 1. The van der Waals surface area contributed by atoms with E-state index >= 15 is 0 Å². The van der Waals surface area contributed by atoms with Crippen molar-refractivity contribution in [3.05, 3.63) is 53.5 Å². The third-order valence-corrected chi connectivity index (χ3v) is 5.34. The van der Waals surface area contributed by atoms with Crippen LogP contribution >= 0.6 is 0 Å². The second-order valence-corrected chi connectivity index (χ2v) is 7.21. The van der Waals surface area contributed by atoms with Crippen molar-refractivity contribution in [1.29, 1.82) is 0 Å². The number of rotatable bonds is 7. The molecule has 5 heteroatoms. The molecule has 144 valence electrons. The minimum absolute atomic E-state index is 0.158. The lowest BCUT2D eigenvalue weighted by Gasteiger charge is -2.29. The number of benzene rings is 1. The number of anilines is 1. The number of nitrogens with one attached hydrogen (secondary N) is 1. The van der Waals surface area contributed by atoms with E-state index in [9.17, 15) is 9.18 Å². The quantitative estimate of drug-likeness (QED) is 0.685. The number of nitrogens with zero attached hydrogens (tertiary/aromatic N) is 1. The molecule has 0 aliphatic heterocycles. The van der Waals surface area contributed by atoms with E-state index in [1.54, 1.807) is 24.3 Å². The predicted molar refractivity (Wildman–Crippen MR) is 105 cm³/mol. The lowest BCUT2D eigenvalue weighted by molar-refractivity contribution is -0.121. The van der Waals surface area contributed by atoms with Crippen molar-refractivity contribution in [2.24, 2.45) is 0 Å². The van der Waals surface area contributed by atoms with Crippen LogP contribution in [0.1, 0.15) is 56.7 Å². The van der Waals surface area contributed by atoms with Crippen LogP contribution in [0.2, 0.25) is 0 Å². The number of aryl methyl sites for hydroxylation is 1. The fraction of sp³-hybridized carbons (Fsp3) is 0.455. The Morgan fingerprint density at radius 3 is 2.63 bits per heavy atom. The monoisotopic (exact) mass is 370 g/mol. The number of hydrogen-bond donors (Lipinski definition) is 1. The average molecular weight is 370 g/mol. The van der Waals surface area contributed by atoms with Gasteiger partial charge in [-0.3, -0.25) is 4.79 Å². The van der Waals surface area contributed by atoms with Gasteiger partial charge in [0, 0.05) is 11.6 Å². The summed E-state index contributed by atoms with van der Waals surface area (Å²) in [5.41, 5.74) is 1.02. The largest absolute Gasteiger partial charge is 0.478 e. The topological polar surface area (TPSA) is 51.2 Å². The zero-order valence-electron chi connectivity index (χ0n) is 16.1. The standard InChI is InChI=1S/C22H27FN2O2/c1-3-4-15-27-20-12-11-19(16(2)24-20)25-21(26)22(13-7-8-14-22)17-9-5-6-10-18(17)23/h5-6,9-12H,3-4,7-8,13-15H2,1-2H3,(H,25,26). The predicted octanol–water partition coefficient (Wildman–Crippen LogP) is 5.16. The van der Waals surface area contributed by atoms with Crippen LogP contribution in [0.5, 0.6) is 5.88 Å². The minimum Gasteiger partial charge on any atom is -0.478 e. The van der Waals surface area contributed by atoms with Crippen LogP contribution in [0.3, 0.4) is 0 Å². The van der Waals surface area contributed by atoms with Gasteiger partial charge in [0.25, 0.3) is 0 Å². The summed E-state index contributed by atoms with van der Waals surface area (Å²) in [5.74, 6) is 0.0855. The maximum atomic E-state index is 14.5. The highest BCUT2D eigenvalue weighted by atomic mass is 19.1. The first-order chi connectivity index (χ1) is 13.1. The third kappa shape index (κ3) is 4.12. The molecule has 1 fully saturated rings. The lowest BCUT2D eigenvalue weighted by Crippen LogP contribution is -2.39. The van der Waals surface area contributed by atoms with Gasteiger partial charge in [-0.1, -0.05) is 44.4 Å². The fourth-order valence-corrected chi connectivity index (χ4v) is 3.76.